The molecule has 0 radical (unpaired) electrons. The Bertz CT molecular complexity index is 775. The molecule has 6 heteroatoms. The van der Waals surface area contributed by atoms with Crippen molar-refractivity contribution < 1.29 is 19.1 Å². The van der Waals surface area contributed by atoms with Crippen molar-refractivity contribution in [3.63, 3.8) is 0 Å². The quantitative estimate of drug-likeness (QED) is 0.883. The van der Waals surface area contributed by atoms with Crippen molar-refractivity contribution in [3.05, 3.63) is 23.8 Å². The van der Waals surface area contributed by atoms with Gasteiger partial charge in [0.15, 0.2) is 5.78 Å². The molecule has 0 unspecified atom stereocenters. The van der Waals surface area contributed by atoms with Crippen LogP contribution in [0.2, 0.25) is 0 Å². The highest BCUT2D eigenvalue weighted by molar-refractivity contribution is 6.06. The van der Waals surface area contributed by atoms with E-state index >= 15 is 0 Å². The number of ketones is 1. The fourth-order valence-corrected chi connectivity index (χ4v) is 4.93. The molecule has 4 bridgehead atoms. The monoisotopic (exact) mass is 356 g/mol. The molecule has 1 aliphatic carbocycles. The molecule has 2 saturated heterocycles. The van der Waals surface area contributed by atoms with Gasteiger partial charge in [0.25, 0.3) is 0 Å². The number of benzene rings is 1. The van der Waals surface area contributed by atoms with Gasteiger partial charge in [0.1, 0.15) is 5.75 Å². The molecule has 3 aliphatic heterocycles. The minimum atomic E-state index is -0.209. The van der Waals surface area contributed by atoms with Crippen molar-refractivity contribution in [1.29, 1.82) is 0 Å². The van der Waals surface area contributed by atoms with Gasteiger partial charge in [-0.05, 0) is 37.0 Å². The van der Waals surface area contributed by atoms with E-state index in [1.165, 1.54) is 0 Å². The summed E-state index contributed by atoms with van der Waals surface area (Å²) in [6, 6.07) is 5.04. The third-order valence-corrected chi connectivity index (χ3v) is 6.24. The number of fused-ring (bicyclic) bond motifs is 2. The molecule has 3 heterocycles. The number of hydrogen-bond acceptors (Lipinski definition) is 4. The molecule has 2 amide bonds. The molecule has 4 atom stereocenters. The summed E-state index contributed by atoms with van der Waals surface area (Å²) >= 11 is 0. The van der Waals surface area contributed by atoms with E-state index < -0.39 is 0 Å². The van der Waals surface area contributed by atoms with Gasteiger partial charge in [-0.2, -0.15) is 0 Å². The topological polar surface area (TPSA) is 75.7 Å². The standard InChI is InChI=1S/C20H24N2O4/c1-3-11-8-12-9-15-18(11)22(20(12)25)7-6-17(23)14-10-13(26-2)4-5-16(14)21-19(15)24/h4-5,10-12,15,18H,3,6-9H2,1-2H3,(H,21,24)/t11-,12+,15+,18-/m0/s1. The first-order valence-electron chi connectivity index (χ1n) is 9.36. The van der Waals surface area contributed by atoms with Crippen LogP contribution in [0.15, 0.2) is 18.2 Å². The van der Waals surface area contributed by atoms with E-state index in [2.05, 4.69) is 12.2 Å². The second kappa shape index (κ2) is 6.41. The van der Waals surface area contributed by atoms with Gasteiger partial charge >= 0.3 is 0 Å². The lowest BCUT2D eigenvalue weighted by atomic mass is 9.65. The Hall–Kier alpha value is -2.37. The van der Waals surface area contributed by atoms with Gasteiger partial charge in [-0.25, -0.2) is 0 Å². The molecule has 4 aliphatic rings. The fraction of sp³-hybridized carbons (Fsp3) is 0.550. The van der Waals surface area contributed by atoms with Crippen LogP contribution in [0.5, 0.6) is 5.75 Å². The van der Waals surface area contributed by atoms with Crippen LogP contribution in [-0.2, 0) is 9.59 Å². The number of nitrogens with one attached hydrogen (secondary N) is 1. The van der Waals surface area contributed by atoms with Crippen LogP contribution in [-0.4, -0.2) is 42.2 Å². The Morgan fingerprint density at radius 3 is 2.77 bits per heavy atom. The number of Topliss-reactive ketones (excluding diaryl/α,β-unsaturated/α-hetero) is 1. The number of ether oxygens (including phenoxy) is 1. The normalized spacial score (nSPS) is 30.7. The van der Waals surface area contributed by atoms with E-state index in [0.29, 0.717) is 35.9 Å². The molecule has 0 aromatic heterocycles. The second-order valence-electron chi connectivity index (χ2n) is 7.54. The van der Waals surface area contributed by atoms with Crippen molar-refractivity contribution >= 4 is 23.3 Å². The van der Waals surface area contributed by atoms with Gasteiger partial charge < -0.3 is 15.0 Å². The second-order valence-corrected chi connectivity index (χ2v) is 7.54. The summed E-state index contributed by atoms with van der Waals surface area (Å²) in [5.74, 6) is 0.543. The summed E-state index contributed by atoms with van der Waals surface area (Å²) in [6.45, 7) is 2.50. The number of carbonyl (C=O) groups is 3. The lowest BCUT2D eigenvalue weighted by molar-refractivity contribution is -0.159. The van der Waals surface area contributed by atoms with Crippen LogP contribution in [0.4, 0.5) is 5.69 Å². The van der Waals surface area contributed by atoms with Crippen LogP contribution in [0.3, 0.4) is 0 Å². The Morgan fingerprint density at radius 2 is 2.04 bits per heavy atom. The van der Waals surface area contributed by atoms with Crippen LogP contribution < -0.4 is 10.1 Å². The average Bonchev–Trinajstić information content (AvgIpc) is 2.66. The first kappa shape index (κ1) is 17.1. The molecule has 0 spiro atoms. The number of amides is 2. The van der Waals surface area contributed by atoms with Gasteiger partial charge in [-0.1, -0.05) is 13.3 Å². The van der Waals surface area contributed by atoms with Crippen LogP contribution >= 0.6 is 0 Å². The van der Waals surface area contributed by atoms with E-state index in [1.807, 2.05) is 4.90 Å². The Labute approximate surface area is 152 Å². The number of anilines is 1. The lowest BCUT2D eigenvalue weighted by Crippen LogP contribution is -2.63. The fourth-order valence-electron chi connectivity index (χ4n) is 4.93. The molecule has 3 fully saturated rings. The van der Waals surface area contributed by atoms with E-state index in [-0.39, 0.29) is 41.9 Å². The first-order chi connectivity index (χ1) is 12.5. The lowest BCUT2D eigenvalue weighted by Gasteiger charge is -2.53. The minimum absolute atomic E-state index is 0.0834. The summed E-state index contributed by atoms with van der Waals surface area (Å²) in [5.41, 5.74) is 0.985. The number of methoxy groups -OCH3 is 1. The Balaban J connectivity index is 1.75. The first-order valence-corrected chi connectivity index (χ1v) is 9.36. The largest absolute Gasteiger partial charge is 0.497 e. The zero-order valence-corrected chi connectivity index (χ0v) is 15.2. The molecule has 1 N–H and O–H groups in total. The van der Waals surface area contributed by atoms with E-state index in [1.54, 1.807) is 25.3 Å². The molecule has 6 nitrogen and oxygen atoms in total. The zero-order valence-electron chi connectivity index (χ0n) is 15.2. The average molecular weight is 356 g/mol. The molecular weight excluding hydrogens is 332 g/mol. The third kappa shape index (κ3) is 2.59. The van der Waals surface area contributed by atoms with Crippen molar-refractivity contribution in [1.82, 2.24) is 4.90 Å². The van der Waals surface area contributed by atoms with E-state index in [0.717, 1.165) is 12.8 Å². The molecule has 1 aromatic rings. The molecule has 1 saturated carbocycles. The number of rotatable bonds is 2. The summed E-state index contributed by atoms with van der Waals surface area (Å²) in [7, 11) is 1.54. The Kier molecular flexibility index (Phi) is 4.21. The van der Waals surface area contributed by atoms with Crippen LogP contribution in [0.1, 0.15) is 43.0 Å². The van der Waals surface area contributed by atoms with Gasteiger partial charge in [0.2, 0.25) is 11.8 Å². The number of nitrogens with zero attached hydrogens (tertiary/aromatic N) is 1. The van der Waals surface area contributed by atoms with E-state index in [9.17, 15) is 14.4 Å². The predicted octanol–water partition coefficient (Wildman–Crippen LogP) is 2.48. The zero-order chi connectivity index (χ0) is 18.4. The Morgan fingerprint density at radius 1 is 1.23 bits per heavy atom. The minimum Gasteiger partial charge on any atom is -0.497 e. The smallest absolute Gasteiger partial charge is 0.229 e. The van der Waals surface area contributed by atoms with Crippen LogP contribution in [0.25, 0.3) is 0 Å². The van der Waals surface area contributed by atoms with E-state index in [4.69, 9.17) is 4.74 Å². The summed E-state index contributed by atoms with van der Waals surface area (Å²) in [5, 5.41) is 2.96. The summed E-state index contributed by atoms with van der Waals surface area (Å²) in [6.07, 6.45) is 2.67. The number of piperidine rings is 2. The van der Waals surface area contributed by atoms with Crippen molar-refractivity contribution in [2.24, 2.45) is 17.8 Å². The van der Waals surface area contributed by atoms with Crippen molar-refractivity contribution in [3.8, 4) is 5.75 Å². The number of hydrogen-bond donors (Lipinski definition) is 1. The van der Waals surface area contributed by atoms with Gasteiger partial charge in [-0.3, -0.25) is 14.4 Å². The summed E-state index contributed by atoms with van der Waals surface area (Å²) < 4.78 is 5.21. The van der Waals surface area contributed by atoms with Crippen LogP contribution in [0, 0.1) is 17.8 Å². The van der Waals surface area contributed by atoms with Gasteiger partial charge in [0, 0.05) is 30.5 Å². The molecule has 5 rings (SSSR count). The van der Waals surface area contributed by atoms with Gasteiger partial charge in [0.05, 0.1) is 18.7 Å². The maximum absolute atomic E-state index is 13.0. The maximum Gasteiger partial charge on any atom is 0.229 e. The molecular formula is C20H24N2O4. The third-order valence-electron chi connectivity index (χ3n) is 6.24. The SMILES string of the molecule is CC[C@H]1C[C@@H]2C[C@H]3C(=O)Nc4ccc(OC)cc4C(=O)CCN(C2=O)[C@@H]13. The molecule has 26 heavy (non-hydrogen) atoms. The van der Waals surface area contributed by atoms with Crippen molar-refractivity contribution in [2.75, 3.05) is 19.0 Å². The highest BCUT2D eigenvalue weighted by atomic mass is 16.5. The molecule has 1 aromatic carbocycles. The van der Waals surface area contributed by atoms with Gasteiger partial charge in [-0.15, -0.1) is 0 Å². The highest BCUT2D eigenvalue weighted by Gasteiger charge is 2.53. The highest BCUT2D eigenvalue weighted by Crippen LogP contribution is 2.45. The maximum atomic E-state index is 13.0. The van der Waals surface area contributed by atoms with Crippen molar-refractivity contribution in [2.45, 2.75) is 38.6 Å². The number of carbonyl (C=O) groups excluding carboxylic acids is 3. The molecule has 138 valence electrons. The summed E-state index contributed by atoms with van der Waals surface area (Å²) in [4.78, 5) is 40.4. The predicted molar refractivity (Wildman–Crippen MR) is 96.1 cm³/mol.